The smallest absolute Gasteiger partial charge is 0.0571 e. The minimum absolute atomic E-state index is 1.11. The third-order valence-electron chi connectivity index (χ3n) is 1.73. The Bertz CT molecular complexity index is 266. The van der Waals surface area contributed by atoms with Crippen LogP contribution in [-0.4, -0.2) is 10.2 Å². The van der Waals surface area contributed by atoms with Crippen LogP contribution in [0, 0.1) is 0 Å². The van der Waals surface area contributed by atoms with Gasteiger partial charge in [-0.1, -0.05) is 12.2 Å². The molecule has 2 heteroatoms. The van der Waals surface area contributed by atoms with E-state index in [1.54, 1.807) is 0 Å². The van der Waals surface area contributed by atoms with E-state index in [0.717, 1.165) is 12.8 Å². The molecule has 0 saturated carbocycles. The molecular weight excluding hydrogens is 124 g/mol. The predicted octanol–water partition coefficient (Wildman–Crippen LogP) is 1.44. The van der Waals surface area contributed by atoms with Crippen LogP contribution in [0.2, 0.25) is 0 Å². The molecule has 1 heterocycles. The average molecular weight is 132 g/mol. The predicted molar refractivity (Wildman–Crippen MR) is 39.4 cm³/mol. The van der Waals surface area contributed by atoms with Crippen molar-refractivity contribution in [2.45, 2.75) is 12.8 Å². The third kappa shape index (κ3) is 0.817. The van der Waals surface area contributed by atoms with Crippen molar-refractivity contribution in [2.24, 2.45) is 0 Å². The number of aromatic nitrogens is 2. The van der Waals surface area contributed by atoms with Gasteiger partial charge in [-0.05, 0) is 24.0 Å². The van der Waals surface area contributed by atoms with E-state index in [-0.39, 0.29) is 0 Å². The summed E-state index contributed by atoms with van der Waals surface area (Å²) in [6.45, 7) is 0. The summed E-state index contributed by atoms with van der Waals surface area (Å²) in [6.07, 6.45) is 10.2. The summed E-state index contributed by atoms with van der Waals surface area (Å²) in [5, 5.41) is 7.61. The lowest BCUT2D eigenvalue weighted by molar-refractivity contribution is 0.924. The van der Waals surface area contributed by atoms with Gasteiger partial charge in [-0.2, -0.15) is 10.2 Å². The number of fused-ring (bicyclic) bond motifs is 1. The first-order chi connectivity index (χ1) is 4.97. The van der Waals surface area contributed by atoms with Gasteiger partial charge in [0.1, 0.15) is 0 Å². The molecule has 0 unspecified atom stereocenters. The fourth-order valence-corrected chi connectivity index (χ4v) is 1.16. The molecule has 0 radical (unpaired) electrons. The highest BCUT2D eigenvalue weighted by Crippen LogP contribution is 2.15. The van der Waals surface area contributed by atoms with Gasteiger partial charge in [0.25, 0.3) is 0 Å². The zero-order chi connectivity index (χ0) is 6.81. The Kier molecular flexibility index (Phi) is 1.24. The summed E-state index contributed by atoms with van der Waals surface area (Å²) < 4.78 is 0. The largest absolute Gasteiger partial charge is 0.159 e. The number of allylic oxidation sites excluding steroid dienone is 1. The quantitative estimate of drug-likeness (QED) is 0.533. The fourth-order valence-electron chi connectivity index (χ4n) is 1.16. The Balaban J connectivity index is 2.54. The van der Waals surface area contributed by atoms with E-state index in [0.29, 0.717) is 0 Å². The Morgan fingerprint density at radius 1 is 1.20 bits per heavy atom. The van der Waals surface area contributed by atoms with E-state index in [4.69, 9.17) is 0 Å². The van der Waals surface area contributed by atoms with Crippen molar-refractivity contribution in [3.63, 3.8) is 0 Å². The molecule has 0 aliphatic heterocycles. The first kappa shape index (κ1) is 5.59. The van der Waals surface area contributed by atoms with E-state index in [9.17, 15) is 0 Å². The van der Waals surface area contributed by atoms with Crippen molar-refractivity contribution >= 4 is 6.08 Å². The summed E-state index contributed by atoms with van der Waals surface area (Å²) in [5.41, 5.74) is 2.54. The Labute approximate surface area is 59.6 Å². The fraction of sp³-hybridized carbons (Fsp3) is 0.250. The molecule has 0 saturated heterocycles. The summed E-state index contributed by atoms with van der Waals surface area (Å²) in [4.78, 5) is 0. The molecule has 1 aromatic rings. The molecule has 0 atom stereocenters. The van der Waals surface area contributed by atoms with Crippen LogP contribution < -0.4 is 0 Å². The van der Waals surface area contributed by atoms with Gasteiger partial charge >= 0.3 is 0 Å². The first-order valence-electron chi connectivity index (χ1n) is 3.43. The molecule has 1 aliphatic carbocycles. The maximum Gasteiger partial charge on any atom is 0.0571 e. The Morgan fingerprint density at radius 2 is 2.10 bits per heavy atom. The Hall–Kier alpha value is -1.18. The molecule has 0 N–H and O–H groups in total. The highest BCUT2D eigenvalue weighted by atomic mass is 15.1. The first-order valence-corrected chi connectivity index (χ1v) is 3.43. The maximum atomic E-state index is 3.81. The number of hydrogen-bond donors (Lipinski definition) is 0. The molecule has 1 aromatic heterocycles. The van der Waals surface area contributed by atoms with Crippen molar-refractivity contribution in [1.29, 1.82) is 0 Å². The lowest BCUT2D eigenvalue weighted by Crippen LogP contribution is -1.95. The number of nitrogens with zero attached hydrogens (tertiary/aromatic N) is 2. The number of rotatable bonds is 0. The van der Waals surface area contributed by atoms with Crippen molar-refractivity contribution in [1.82, 2.24) is 10.2 Å². The standard InChI is InChI=1S/C8H8N2/c1-2-4-8-6-10-9-5-7(8)3-1/h1,3,5-6H,2,4H2. The second-order valence-corrected chi connectivity index (χ2v) is 2.41. The zero-order valence-electron chi connectivity index (χ0n) is 5.62. The highest BCUT2D eigenvalue weighted by Gasteiger charge is 2.02. The molecule has 50 valence electrons. The van der Waals surface area contributed by atoms with Crippen LogP contribution in [0.4, 0.5) is 0 Å². The molecular formula is C8H8N2. The molecule has 2 nitrogen and oxygen atoms in total. The average Bonchev–Trinajstić information content (AvgIpc) is 2.05. The molecule has 1 aliphatic rings. The second kappa shape index (κ2) is 2.21. The lowest BCUT2D eigenvalue weighted by Gasteiger charge is -2.06. The van der Waals surface area contributed by atoms with Crippen LogP contribution in [0.25, 0.3) is 6.08 Å². The van der Waals surface area contributed by atoms with E-state index in [2.05, 4.69) is 22.3 Å². The summed E-state index contributed by atoms with van der Waals surface area (Å²) >= 11 is 0. The van der Waals surface area contributed by atoms with Gasteiger partial charge in [-0.3, -0.25) is 0 Å². The Morgan fingerprint density at radius 3 is 3.00 bits per heavy atom. The SMILES string of the molecule is C1=Cc2cnncc2CC1. The van der Waals surface area contributed by atoms with Gasteiger partial charge in [0.2, 0.25) is 0 Å². The number of hydrogen-bond acceptors (Lipinski definition) is 2. The second-order valence-electron chi connectivity index (χ2n) is 2.41. The van der Waals surface area contributed by atoms with E-state index >= 15 is 0 Å². The topological polar surface area (TPSA) is 25.8 Å². The van der Waals surface area contributed by atoms with Gasteiger partial charge in [0.15, 0.2) is 0 Å². The summed E-state index contributed by atoms with van der Waals surface area (Å²) in [6, 6.07) is 0. The van der Waals surface area contributed by atoms with Gasteiger partial charge in [-0.25, -0.2) is 0 Å². The van der Waals surface area contributed by atoms with Gasteiger partial charge in [0.05, 0.1) is 12.4 Å². The van der Waals surface area contributed by atoms with Crippen LogP contribution in [0.3, 0.4) is 0 Å². The minimum atomic E-state index is 1.11. The van der Waals surface area contributed by atoms with Crippen LogP contribution in [0.1, 0.15) is 17.5 Å². The van der Waals surface area contributed by atoms with Gasteiger partial charge in [-0.15, -0.1) is 0 Å². The monoisotopic (exact) mass is 132 g/mol. The van der Waals surface area contributed by atoms with E-state index < -0.39 is 0 Å². The van der Waals surface area contributed by atoms with Crippen molar-refractivity contribution in [2.75, 3.05) is 0 Å². The summed E-state index contributed by atoms with van der Waals surface area (Å²) in [5.74, 6) is 0. The molecule has 2 rings (SSSR count). The van der Waals surface area contributed by atoms with Gasteiger partial charge < -0.3 is 0 Å². The third-order valence-corrected chi connectivity index (χ3v) is 1.73. The number of aryl methyl sites for hydroxylation is 1. The van der Waals surface area contributed by atoms with E-state index in [1.807, 2.05) is 12.4 Å². The van der Waals surface area contributed by atoms with Gasteiger partial charge in [0, 0.05) is 0 Å². The van der Waals surface area contributed by atoms with Crippen LogP contribution in [-0.2, 0) is 6.42 Å². The van der Waals surface area contributed by atoms with Crippen molar-refractivity contribution in [3.8, 4) is 0 Å². The maximum absolute atomic E-state index is 3.81. The van der Waals surface area contributed by atoms with E-state index in [1.165, 1.54) is 11.1 Å². The minimum Gasteiger partial charge on any atom is -0.159 e. The molecule has 0 amide bonds. The molecule has 0 fully saturated rings. The van der Waals surface area contributed by atoms with Crippen LogP contribution >= 0.6 is 0 Å². The molecule has 0 bridgehead atoms. The van der Waals surface area contributed by atoms with Crippen LogP contribution in [0.5, 0.6) is 0 Å². The normalized spacial score (nSPS) is 14.8. The van der Waals surface area contributed by atoms with Crippen LogP contribution in [0.15, 0.2) is 18.5 Å². The van der Waals surface area contributed by atoms with Crippen molar-refractivity contribution in [3.05, 3.63) is 29.6 Å². The molecule has 0 aromatic carbocycles. The molecule has 0 spiro atoms. The van der Waals surface area contributed by atoms with Crippen molar-refractivity contribution < 1.29 is 0 Å². The zero-order valence-corrected chi connectivity index (χ0v) is 5.62. The highest BCUT2D eigenvalue weighted by molar-refractivity contribution is 5.53. The lowest BCUT2D eigenvalue weighted by atomic mass is 10.0. The summed E-state index contributed by atoms with van der Waals surface area (Å²) in [7, 11) is 0. The molecule has 10 heavy (non-hydrogen) atoms.